The van der Waals surface area contributed by atoms with Crippen molar-refractivity contribution in [1.82, 2.24) is 15.0 Å². The molecule has 1 aromatic carbocycles. The third kappa shape index (κ3) is 3.77. The highest BCUT2D eigenvalue weighted by Gasteiger charge is 2.16. The number of halogens is 1. The summed E-state index contributed by atoms with van der Waals surface area (Å²) in [5.41, 5.74) is 7.14. The number of nitrogens with zero attached hydrogens (tertiary/aromatic N) is 4. The van der Waals surface area contributed by atoms with Gasteiger partial charge in [-0.15, -0.1) is 5.10 Å². The van der Waals surface area contributed by atoms with E-state index in [2.05, 4.69) is 10.3 Å². The molecule has 21 heavy (non-hydrogen) atoms. The molecule has 0 aliphatic heterocycles. The van der Waals surface area contributed by atoms with E-state index >= 15 is 0 Å². The number of benzene rings is 1. The Morgan fingerprint density at radius 2 is 2.29 bits per heavy atom. The summed E-state index contributed by atoms with van der Waals surface area (Å²) in [6, 6.07) is 4.27. The molecule has 1 heterocycles. The topological polar surface area (TPSA) is 99.9 Å². The molecule has 0 bridgehead atoms. The van der Waals surface area contributed by atoms with Crippen molar-refractivity contribution >= 4 is 17.3 Å². The second-order valence-corrected chi connectivity index (χ2v) is 5.20. The largest absolute Gasteiger partial charge is 0.323 e. The maximum Gasteiger partial charge on any atom is 0.274 e. The van der Waals surface area contributed by atoms with Crippen LogP contribution in [-0.4, -0.2) is 19.9 Å². The maximum absolute atomic E-state index is 11.0. The van der Waals surface area contributed by atoms with Crippen LogP contribution in [0.25, 0.3) is 0 Å². The molecule has 2 aromatic rings. The summed E-state index contributed by atoms with van der Waals surface area (Å²) in [4.78, 5) is 10.6. The molecular formula is C13H16ClN5O2. The van der Waals surface area contributed by atoms with Gasteiger partial charge in [-0.05, 0) is 18.6 Å². The van der Waals surface area contributed by atoms with Gasteiger partial charge in [0.2, 0.25) is 0 Å². The number of nitro benzene ring substituents is 1. The Morgan fingerprint density at radius 1 is 1.52 bits per heavy atom. The van der Waals surface area contributed by atoms with Gasteiger partial charge in [0.1, 0.15) is 0 Å². The van der Waals surface area contributed by atoms with Gasteiger partial charge in [-0.1, -0.05) is 30.2 Å². The van der Waals surface area contributed by atoms with Gasteiger partial charge in [0.15, 0.2) is 0 Å². The summed E-state index contributed by atoms with van der Waals surface area (Å²) < 4.78 is 1.53. The van der Waals surface area contributed by atoms with Crippen molar-refractivity contribution in [2.24, 2.45) is 5.73 Å². The number of nitro groups is 1. The van der Waals surface area contributed by atoms with E-state index in [9.17, 15) is 10.1 Å². The number of hydrogen-bond donors (Lipinski definition) is 1. The lowest BCUT2D eigenvalue weighted by molar-refractivity contribution is -0.385. The van der Waals surface area contributed by atoms with E-state index in [0.29, 0.717) is 16.3 Å². The fourth-order valence-electron chi connectivity index (χ4n) is 2.05. The van der Waals surface area contributed by atoms with Crippen LogP contribution in [0.4, 0.5) is 5.69 Å². The Bertz CT molecular complexity index is 643. The highest BCUT2D eigenvalue weighted by atomic mass is 35.5. The fourth-order valence-corrected chi connectivity index (χ4v) is 2.25. The van der Waals surface area contributed by atoms with Crippen molar-refractivity contribution in [3.05, 3.63) is 50.8 Å². The van der Waals surface area contributed by atoms with Crippen LogP contribution in [0, 0.1) is 10.1 Å². The predicted octanol–water partition coefficient (Wildman–Crippen LogP) is 2.69. The molecule has 1 unspecified atom stereocenters. The number of aromatic nitrogens is 3. The van der Waals surface area contributed by atoms with E-state index in [1.807, 2.05) is 6.92 Å². The first-order chi connectivity index (χ1) is 10.0. The molecule has 7 nitrogen and oxygen atoms in total. The van der Waals surface area contributed by atoms with Crippen molar-refractivity contribution < 1.29 is 4.92 Å². The van der Waals surface area contributed by atoms with Gasteiger partial charge in [-0.25, -0.2) is 4.68 Å². The Balaban J connectivity index is 2.22. The number of nitrogens with two attached hydrogens (primary N) is 1. The first-order valence-corrected chi connectivity index (χ1v) is 6.97. The normalized spacial score (nSPS) is 12.3. The number of hydrogen-bond acceptors (Lipinski definition) is 5. The zero-order chi connectivity index (χ0) is 15.4. The van der Waals surface area contributed by atoms with E-state index < -0.39 is 4.92 Å². The molecule has 0 spiro atoms. The van der Waals surface area contributed by atoms with Crippen LogP contribution in [0.2, 0.25) is 5.02 Å². The third-order valence-electron chi connectivity index (χ3n) is 3.11. The Kier molecular flexibility index (Phi) is 4.87. The minimum Gasteiger partial charge on any atom is -0.323 e. The second-order valence-electron chi connectivity index (χ2n) is 4.77. The Hall–Kier alpha value is -1.99. The first-order valence-electron chi connectivity index (χ1n) is 6.59. The van der Waals surface area contributed by atoms with Crippen molar-refractivity contribution in [2.45, 2.75) is 32.4 Å². The lowest BCUT2D eigenvalue weighted by Gasteiger charge is -2.05. The molecule has 0 saturated heterocycles. The van der Waals surface area contributed by atoms with Crippen molar-refractivity contribution in [2.75, 3.05) is 0 Å². The zero-order valence-corrected chi connectivity index (χ0v) is 12.3. The quantitative estimate of drug-likeness (QED) is 0.653. The van der Waals surface area contributed by atoms with E-state index in [4.69, 9.17) is 17.3 Å². The summed E-state index contributed by atoms with van der Waals surface area (Å²) in [5, 5.41) is 19.4. The summed E-state index contributed by atoms with van der Waals surface area (Å²) in [6.07, 6.45) is 3.48. The zero-order valence-electron chi connectivity index (χ0n) is 11.6. The highest BCUT2D eigenvalue weighted by Crippen LogP contribution is 2.23. The first kappa shape index (κ1) is 15.4. The lowest BCUT2D eigenvalue weighted by atomic mass is 10.1. The summed E-state index contributed by atoms with van der Waals surface area (Å²) in [5.74, 6) is 0. The van der Waals surface area contributed by atoms with Crippen LogP contribution in [0.5, 0.6) is 0 Å². The SMILES string of the molecule is CCCC(N)c1cn(Cc2cc(Cl)ccc2[N+](=O)[O-])nn1. The van der Waals surface area contributed by atoms with Crippen LogP contribution in [0.3, 0.4) is 0 Å². The molecule has 112 valence electrons. The van der Waals surface area contributed by atoms with Gasteiger partial charge < -0.3 is 5.73 Å². The molecule has 0 amide bonds. The Labute approximate surface area is 126 Å². The van der Waals surface area contributed by atoms with Gasteiger partial charge in [0.05, 0.1) is 35.0 Å². The lowest BCUT2D eigenvalue weighted by Crippen LogP contribution is -2.10. The molecule has 1 atom stereocenters. The summed E-state index contributed by atoms with van der Waals surface area (Å²) >= 11 is 5.90. The minimum atomic E-state index is -0.438. The highest BCUT2D eigenvalue weighted by molar-refractivity contribution is 6.30. The second kappa shape index (κ2) is 6.64. The molecule has 1 aromatic heterocycles. The monoisotopic (exact) mass is 309 g/mol. The number of rotatable bonds is 6. The fraction of sp³-hybridized carbons (Fsp3) is 0.385. The molecule has 0 aliphatic carbocycles. The molecule has 0 radical (unpaired) electrons. The van der Waals surface area contributed by atoms with E-state index in [0.717, 1.165) is 12.8 Å². The van der Waals surface area contributed by atoms with Crippen LogP contribution < -0.4 is 5.73 Å². The van der Waals surface area contributed by atoms with E-state index in [1.54, 1.807) is 12.3 Å². The summed E-state index contributed by atoms with van der Waals surface area (Å²) in [7, 11) is 0. The molecule has 0 fully saturated rings. The van der Waals surface area contributed by atoms with Gasteiger partial charge >= 0.3 is 0 Å². The average Bonchev–Trinajstić information content (AvgIpc) is 2.87. The molecule has 2 rings (SSSR count). The third-order valence-corrected chi connectivity index (χ3v) is 3.34. The van der Waals surface area contributed by atoms with Crippen LogP contribution >= 0.6 is 11.6 Å². The maximum atomic E-state index is 11.0. The molecule has 0 aliphatic rings. The van der Waals surface area contributed by atoms with Crippen LogP contribution in [-0.2, 0) is 6.54 Å². The van der Waals surface area contributed by atoms with Gasteiger partial charge in [-0.3, -0.25) is 10.1 Å². The van der Waals surface area contributed by atoms with E-state index in [1.165, 1.54) is 16.8 Å². The standard InChI is InChI=1S/C13H16ClN5O2/c1-2-3-11(15)12-8-18(17-16-12)7-9-6-10(14)4-5-13(9)19(20)21/h4-6,8,11H,2-3,7,15H2,1H3. The molecular weight excluding hydrogens is 294 g/mol. The van der Waals surface area contributed by atoms with Crippen LogP contribution in [0.15, 0.2) is 24.4 Å². The average molecular weight is 310 g/mol. The molecule has 2 N–H and O–H groups in total. The van der Waals surface area contributed by atoms with Gasteiger partial charge in [-0.2, -0.15) is 0 Å². The van der Waals surface area contributed by atoms with Crippen LogP contribution in [0.1, 0.15) is 37.1 Å². The predicted molar refractivity (Wildman–Crippen MR) is 79.1 cm³/mol. The van der Waals surface area contributed by atoms with Gasteiger partial charge in [0, 0.05) is 11.1 Å². The van der Waals surface area contributed by atoms with Crippen molar-refractivity contribution in [1.29, 1.82) is 0 Å². The molecule has 8 heteroatoms. The summed E-state index contributed by atoms with van der Waals surface area (Å²) in [6.45, 7) is 2.27. The van der Waals surface area contributed by atoms with E-state index in [-0.39, 0.29) is 18.3 Å². The molecule has 0 saturated carbocycles. The van der Waals surface area contributed by atoms with Gasteiger partial charge in [0.25, 0.3) is 5.69 Å². The smallest absolute Gasteiger partial charge is 0.274 e. The minimum absolute atomic E-state index is 0.00862. The van der Waals surface area contributed by atoms with Crippen molar-refractivity contribution in [3.8, 4) is 0 Å². The van der Waals surface area contributed by atoms with Crippen molar-refractivity contribution in [3.63, 3.8) is 0 Å². The Morgan fingerprint density at radius 3 is 2.95 bits per heavy atom.